The van der Waals surface area contributed by atoms with Crippen LogP contribution in [0.5, 0.6) is 0 Å². The Morgan fingerprint density at radius 3 is 2.46 bits per heavy atom. The van der Waals surface area contributed by atoms with Gasteiger partial charge in [0.25, 0.3) is 5.65 Å². The molecule has 0 saturated carbocycles. The van der Waals surface area contributed by atoms with Gasteiger partial charge >= 0.3 is 0 Å². The minimum Gasteiger partial charge on any atom is -0.215 e. The molecule has 3 aromatic carbocycles. The van der Waals surface area contributed by atoms with Crippen molar-refractivity contribution in [1.29, 1.82) is 0 Å². The van der Waals surface area contributed by atoms with Crippen molar-refractivity contribution in [3.63, 3.8) is 0 Å². The van der Waals surface area contributed by atoms with E-state index in [1.807, 2.05) is 0 Å². The average molecular weight is 335 g/mol. The molecule has 2 unspecified atom stereocenters. The number of allylic oxidation sites excluding steroid dienone is 1. The Labute approximate surface area is 151 Å². The maximum absolute atomic E-state index is 4.18. The highest BCUT2D eigenvalue weighted by atomic mass is 15.2. The molecule has 0 bridgehead atoms. The number of pyridine rings is 1. The number of para-hydroxylation sites is 3. The Morgan fingerprint density at radius 2 is 1.62 bits per heavy atom. The smallest absolute Gasteiger partial charge is 0.215 e. The Hall–Kier alpha value is -3.13. The van der Waals surface area contributed by atoms with Crippen molar-refractivity contribution in [3.8, 4) is 0 Å². The van der Waals surface area contributed by atoms with Crippen LogP contribution in [0.3, 0.4) is 0 Å². The number of fused-ring (bicyclic) bond motifs is 6. The molecular formula is C24H19N2+. The predicted octanol–water partition coefficient (Wildman–Crippen LogP) is 5.53. The number of benzene rings is 3. The lowest BCUT2D eigenvalue weighted by molar-refractivity contribution is -0.666. The average Bonchev–Trinajstić information content (AvgIpc) is 3.04. The third kappa shape index (κ3) is 1.47. The summed E-state index contributed by atoms with van der Waals surface area (Å²) in [4.78, 5) is 0. The molecule has 0 radical (unpaired) electrons. The van der Waals surface area contributed by atoms with Crippen LogP contribution in [-0.4, -0.2) is 4.40 Å². The van der Waals surface area contributed by atoms with Crippen LogP contribution in [0.4, 0.5) is 0 Å². The molecule has 0 fully saturated rings. The molecule has 5 aromatic rings. The summed E-state index contributed by atoms with van der Waals surface area (Å²) in [6.45, 7) is 6.50. The van der Waals surface area contributed by atoms with Gasteiger partial charge in [-0.2, -0.15) is 4.40 Å². The first kappa shape index (κ1) is 14.1. The van der Waals surface area contributed by atoms with Crippen LogP contribution in [0.1, 0.15) is 24.4 Å². The van der Waals surface area contributed by atoms with Gasteiger partial charge in [0, 0.05) is 16.7 Å². The molecular weight excluding hydrogens is 316 g/mol. The van der Waals surface area contributed by atoms with Crippen molar-refractivity contribution in [2.45, 2.75) is 18.9 Å². The Kier molecular flexibility index (Phi) is 2.56. The van der Waals surface area contributed by atoms with E-state index in [9.17, 15) is 0 Å². The van der Waals surface area contributed by atoms with Crippen LogP contribution < -0.4 is 4.57 Å². The quantitative estimate of drug-likeness (QED) is 0.216. The standard InChI is InChI=1S/C24H19N2/c1-3-19-15(2)16-10-8-11-18-17-9-4-5-12-20(17)26-22-14-7-6-13-21(22)25(19)24(26)23(16)18/h3-15,19H,1H2,2H3/q+1. The van der Waals surface area contributed by atoms with Crippen molar-refractivity contribution in [2.24, 2.45) is 0 Å². The van der Waals surface area contributed by atoms with Crippen molar-refractivity contribution >= 4 is 38.4 Å². The lowest BCUT2D eigenvalue weighted by Gasteiger charge is -2.25. The molecule has 2 atom stereocenters. The lowest BCUT2D eigenvalue weighted by Crippen LogP contribution is -2.43. The normalized spacial score (nSPS) is 19.1. The number of hydrogen-bond acceptors (Lipinski definition) is 0. The fourth-order valence-electron chi connectivity index (χ4n) is 5.01. The minimum atomic E-state index is 0.254. The zero-order valence-corrected chi connectivity index (χ0v) is 14.7. The SMILES string of the molecule is C=CC1C(C)c2cccc3c4ccccc4n4c5ccccc5[n+]1c4c23. The van der Waals surface area contributed by atoms with E-state index in [-0.39, 0.29) is 6.04 Å². The van der Waals surface area contributed by atoms with Crippen molar-refractivity contribution in [2.75, 3.05) is 0 Å². The van der Waals surface area contributed by atoms with Gasteiger partial charge in [0.1, 0.15) is 11.6 Å². The topological polar surface area (TPSA) is 8.29 Å². The first-order valence-corrected chi connectivity index (χ1v) is 9.22. The zero-order chi connectivity index (χ0) is 17.4. The Bertz CT molecular complexity index is 1370. The van der Waals surface area contributed by atoms with Crippen LogP contribution in [0, 0.1) is 0 Å². The summed E-state index contributed by atoms with van der Waals surface area (Å²) >= 11 is 0. The monoisotopic (exact) mass is 335 g/mol. The van der Waals surface area contributed by atoms with Gasteiger partial charge in [-0.3, -0.25) is 0 Å². The second-order valence-electron chi connectivity index (χ2n) is 7.32. The predicted molar refractivity (Wildman–Crippen MR) is 108 cm³/mol. The van der Waals surface area contributed by atoms with Gasteiger partial charge in [-0.15, -0.1) is 0 Å². The molecule has 2 heteroatoms. The number of nitrogens with zero attached hydrogens (tertiary/aromatic N) is 2. The van der Waals surface area contributed by atoms with Gasteiger partial charge in [0.2, 0.25) is 0 Å². The Morgan fingerprint density at radius 1 is 0.885 bits per heavy atom. The molecule has 2 aromatic heterocycles. The molecule has 1 aliphatic rings. The minimum absolute atomic E-state index is 0.254. The second kappa shape index (κ2) is 4.73. The van der Waals surface area contributed by atoms with E-state index in [0.717, 1.165) is 0 Å². The highest BCUT2D eigenvalue weighted by Crippen LogP contribution is 2.42. The van der Waals surface area contributed by atoms with Crippen molar-refractivity contribution < 1.29 is 4.57 Å². The summed E-state index contributed by atoms with van der Waals surface area (Å²) in [6, 6.07) is 24.5. The fourth-order valence-corrected chi connectivity index (χ4v) is 5.01. The summed E-state index contributed by atoms with van der Waals surface area (Å²) in [5.41, 5.74) is 6.51. The maximum atomic E-state index is 4.18. The van der Waals surface area contributed by atoms with Crippen LogP contribution in [-0.2, 0) is 0 Å². The van der Waals surface area contributed by atoms with E-state index in [1.165, 1.54) is 43.9 Å². The molecule has 26 heavy (non-hydrogen) atoms. The molecule has 2 nitrogen and oxygen atoms in total. The summed E-state index contributed by atoms with van der Waals surface area (Å²) in [6.07, 6.45) is 2.11. The molecule has 0 aliphatic carbocycles. The molecule has 3 heterocycles. The summed E-state index contributed by atoms with van der Waals surface area (Å²) in [5.74, 6) is 0.393. The van der Waals surface area contributed by atoms with Gasteiger partial charge < -0.3 is 0 Å². The van der Waals surface area contributed by atoms with E-state index < -0.39 is 0 Å². The van der Waals surface area contributed by atoms with Crippen LogP contribution in [0.15, 0.2) is 79.4 Å². The van der Waals surface area contributed by atoms with Crippen LogP contribution >= 0.6 is 0 Å². The highest BCUT2D eigenvalue weighted by Gasteiger charge is 2.37. The second-order valence-corrected chi connectivity index (χ2v) is 7.32. The molecule has 6 rings (SSSR count). The van der Waals surface area contributed by atoms with Gasteiger partial charge in [0.15, 0.2) is 11.0 Å². The van der Waals surface area contributed by atoms with E-state index in [1.54, 1.807) is 0 Å². The highest BCUT2D eigenvalue weighted by molar-refractivity contribution is 6.14. The lowest BCUT2D eigenvalue weighted by atomic mass is 9.86. The largest absolute Gasteiger partial charge is 0.296 e. The maximum Gasteiger partial charge on any atom is 0.296 e. The number of imidazole rings is 1. The van der Waals surface area contributed by atoms with E-state index in [0.29, 0.717) is 5.92 Å². The fraction of sp³-hybridized carbons (Fsp3) is 0.125. The van der Waals surface area contributed by atoms with Gasteiger partial charge in [-0.1, -0.05) is 62.0 Å². The van der Waals surface area contributed by atoms with Crippen molar-refractivity contribution in [3.05, 3.63) is 84.9 Å². The molecule has 1 aliphatic heterocycles. The molecule has 0 N–H and O–H groups in total. The molecule has 0 amide bonds. The first-order valence-electron chi connectivity index (χ1n) is 9.22. The summed E-state index contributed by atoms with van der Waals surface area (Å²) < 4.78 is 4.94. The van der Waals surface area contributed by atoms with Crippen LogP contribution in [0.25, 0.3) is 38.4 Å². The van der Waals surface area contributed by atoms with Gasteiger partial charge in [-0.25, -0.2) is 4.57 Å². The van der Waals surface area contributed by atoms with E-state index >= 15 is 0 Å². The van der Waals surface area contributed by atoms with Crippen molar-refractivity contribution in [1.82, 2.24) is 4.40 Å². The van der Waals surface area contributed by atoms with E-state index in [2.05, 4.69) is 95.3 Å². The number of rotatable bonds is 1. The third-order valence-electron chi connectivity index (χ3n) is 6.12. The number of hydrogen-bond donors (Lipinski definition) is 0. The molecule has 124 valence electrons. The molecule has 0 saturated heterocycles. The van der Waals surface area contributed by atoms with Gasteiger partial charge in [0.05, 0.1) is 5.39 Å². The Balaban J connectivity index is 2.09. The molecule has 0 spiro atoms. The first-order chi connectivity index (χ1) is 12.8. The van der Waals surface area contributed by atoms with Gasteiger partial charge in [-0.05, 0) is 29.8 Å². The number of aromatic nitrogens is 2. The zero-order valence-electron chi connectivity index (χ0n) is 14.7. The third-order valence-corrected chi connectivity index (χ3v) is 6.12. The van der Waals surface area contributed by atoms with Crippen LogP contribution in [0.2, 0.25) is 0 Å². The summed E-state index contributed by atoms with van der Waals surface area (Å²) in [7, 11) is 0. The summed E-state index contributed by atoms with van der Waals surface area (Å²) in [5, 5.41) is 4.04. The van der Waals surface area contributed by atoms with E-state index in [4.69, 9.17) is 0 Å².